The number of nitrogens with one attached hydrogen (secondary N) is 1. The molecular formula is C13H25N3O2S. The molecule has 1 heterocycles. The fourth-order valence-corrected chi connectivity index (χ4v) is 2.34. The van der Waals surface area contributed by atoms with E-state index in [0.29, 0.717) is 6.54 Å². The first kappa shape index (κ1) is 16.2. The summed E-state index contributed by atoms with van der Waals surface area (Å²) < 4.78 is 24.7. The van der Waals surface area contributed by atoms with Gasteiger partial charge in [0.05, 0.1) is 18.0 Å². The normalized spacial score (nSPS) is 12.9. The van der Waals surface area contributed by atoms with E-state index in [1.807, 2.05) is 13.1 Å². The molecular weight excluding hydrogens is 262 g/mol. The third-order valence-electron chi connectivity index (χ3n) is 2.93. The second-order valence-electron chi connectivity index (χ2n) is 5.84. The summed E-state index contributed by atoms with van der Waals surface area (Å²) in [7, 11) is -2.93. The maximum absolute atomic E-state index is 11.5. The lowest BCUT2D eigenvalue weighted by molar-refractivity contribution is 0.423. The van der Waals surface area contributed by atoms with Crippen molar-refractivity contribution in [2.24, 2.45) is 0 Å². The van der Waals surface area contributed by atoms with Gasteiger partial charge in [0.1, 0.15) is 0 Å². The zero-order valence-electron chi connectivity index (χ0n) is 12.5. The Kier molecular flexibility index (Phi) is 5.15. The van der Waals surface area contributed by atoms with Gasteiger partial charge in [-0.1, -0.05) is 6.92 Å². The number of aryl methyl sites for hydroxylation is 2. The first-order valence-electron chi connectivity index (χ1n) is 6.61. The van der Waals surface area contributed by atoms with Crippen LogP contribution in [0, 0.1) is 6.92 Å². The lowest BCUT2D eigenvalue weighted by atomic mass is 10.1. The van der Waals surface area contributed by atoms with Crippen molar-refractivity contribution in [2.75, 3.05) is 11.5 Å². The predicted octanol–water partition coefficient (Wildman–Crippen LogP) is 1.51. The molecule has 0 aromatic carbocycles. The quantitative estimate of drug-likeness (QED) is 0.861. The first-order valence-corrected chi connectivity index (χ1v) is 8.43. The molecule has 0 radical (unpaired) electrons. The average molecular weight is 287 g/mol. The van der Waals surface area contributed by atoms with Gasteiger partial charge in [-0.05, 0) is 27.7 Å². The molecule has 110 valence electrons. The van der Waals surface area contributed by atoms with Crippen LogP contribution in [-0.4, -0.2) is 35.2 Å². The molecule has 0 aliphatic heterocycles. The minimum Gasteiger partial charge on any atom is -0.308 e. The molecule has 0 spiro atoms. The van der Waals surface area contributed by atoms with Gasteiger partial charge < -0.3 is 5.32 Å². The Morgan fingerprint density at radius 1 is 1.37 bits per heavy atom. The largest absolute Gasteiger partial charge is 0.308 e. The number of aromatic nitrogens is 2. The Morgan fingerprint density at radius 3 is 2.53 bits per heavy atom. The Morgan fingerprint density at radius 2 is 2.00 bits per heavy atom. The monoisotopic (exact) mass is 287 g/mol. The fraction of sp³-hybridized carbons (Fsp3) is 0.769. The Balaban J connectivity index is 2.64. The van der Waals surface area contributed by atoms with Crippen LogP contribution in [0.15, 0.2) is 6.20 Å². The molecule has 0 atom stereocenters. The third-order valence-corrected chi connectivity index (χ3v) is 4.61. The molecule has 1 N–H and O–H groups in total. The van der Waals surface area contributed by atoms with Gasteiger partial charge in [-0.3, -0.25) is 4.68 Å². The summed E-state index contributed by atoms with van der Waals surface area (Å²) in [4.78, 5) is 0. The predicted molar refractivity (Wildman–Crippen MR) is 77.9 cm³/mol. The standard InChI is InChI=1S/C13H25N3O2S/c1-6-19(17,18)8-7-16-10-12(11(2)15-16)9-14-13(3,4)5/h10,14H,6-9H2,1-5H3. The highest BCUT2D eigenvalue weighted by molar-refractivity contribution is 7.91. The maximum Gasteiger partial charge on any atom is 0.151 e. The highest BCUT2D eigenvalue weighted by Crippen LogP contribution is 2.08. The van der Waals surface area contributed by atoms with Gasteiger partial charge in [0.2, 0.25) is 0 Å². The molecule has 6 heteroatoms. The smallest absolute Gasteiger partial charge is 0.151 e. The molecule has 1 aromatic heterocycles. The number of hydrogen-bond acceptors (Lipinski definition) is 4. The van der Waals surface area contributed by atoms with Gasteiger partial charge >= 0.3 is 0 Å². The van der Waals surface area contributed by atoms with Crippen molar-refractivity contribution < 1.29 is 8.42 Å². The van der Waals surface area contributed by atoms with E-state index in [1.54, 1.807) is 11.6 Å². The van der Waals surface area contributed by atoms with Crippen LogP contribution in [0.1, 0.15) is 39.0 Å². The summed E-state index contributed by atoms with van der Waals surface area (Å²) in [5.41, 5.74) is 2.12. The topological polar surface area (TPSA) is 64.0 Å². The SMILES string of the molecule is CCS(=O)(=O)CCn1cc(CNC(C)(C)C)c(C)n1. The average Bonchev–Trinajstić information content (AvgIpc) is 2.64. The number of hydrogen-bond donors (Lipinski definition) is 1. The summed E-state index contributed by atoms with van der Waals surface area (Å²) in [6.07, 6.45) is 1.93. The Hall–Kier alpha value is -0.880. The lowest BCUT2D eigenvalue weighted by Gasteiger charge is -2.20. The van der Waals surface area contributed by atoms with Crippen LogP contribution < -0.4 is 5.32 Å². The Bertz CT molecular complexity index is 512. The van der Waals surface area contributed by atoms with Crippen LogP contribution in [0.5, 0.6) is 0 Å². The third kappa shape index (κ3) is 5.74. The van der Waals surface area contributed by atoms with E-state index in [1.165, 1.54) is 0 Å². The fourth-order valence-electron chi connectivity index (χ4n) is 1.58. The van der Waals surface area contributed by atoms with E-state index in [4.69, 9.17) is 0 Å². The maximum atomic E-state index is 11.5. The van der Waals surface area contributed by atoms with Gasteiger partial charge in [0, 0.05) is 29.6 Å². The van der Waals surface area contributed by atoms with Crippen LogP contribution in [-0.2, 0) is 22.9 Å². The summed E-state index contributed by atoms with van der Waals surface area (Å²) in [6, 6.07) is 0. The summed E-state index contributed by atoms with van der Waals surface area (Å²) in [6.45, 7) is 11.1. The van der Waals surface area contributed by atoms with Crippen molar-refractivity contribution in [3.63, 3.8) is 0 Å². The molecule has 1 aromatic rings. The van der Waals surface area contributed by atoms with Crippen LogP contribution in [0.4, 0.5) is 0 Å². The van der Waals surface area contributed by atoms with E-state index in [2.05, 4.69) is 31.2 Å². The molecule has 0 saturated heterocycles. The molecule has 0 bridgehead atoms. The van der Waals surface area contributed by atoms with Crippen LogP contribution in [0.2, 0.25) is 0 Å². The van der Waals surface area contributed by atoms with Crippen molar-refractivity contribution in [3.05, 3.63) is 17.5 Å². The van der Waals surface area contributed by atoms with Crippen molar-refractivity contribution in [3.8, 4) is 0 Å². The van der Waals surface area contributed by atoms with Crippen LogP contribution in [0.3, 0.4) is 0 Å². The van der Waals surface area contributed by atoms with Gasteiger partial charge in [0.25, 0.3) is 0 Å². The van der Waals surface area contributed by atoms with Gasteiger partial charge in [0.15, 0.2) is 9.84 Å². The highest BCUT2D eigenvalue weighted by atomic mass is 32.2. The van der Waals surface area contributed by atoms with E-state index >= 15 is 0 Å². The molecule has 5 nitrogen and oxygen atoms in total. The molecule has 0 fully saturated rings. The highest BCUT2D eigenvalue weighted by Gasteiger charge is 2.13. The second kappa shape index (κ2) is 6.05. The number of rotatable bonds is 6. The number of sulfone groups is 1. The van der Waals surface area contributed by atoms with E-state index in [0.717, 1.165) is 17.8 Å². The van der Waals surface area contributed by atoms with Crippen LogP contribution >= 0.6 is 0 Å². The van der Waals surface area contributed by atoms with Gasteiger partial charge in [-0.2, -0.15) is 5.10 Å². The minimum atomic E-state index is -2.93. The van der Waals surface area contributed by atoms with Crippen molar-refractivity contribution in [1.82, 2.24) is 15.1 Å². The minimum absolute atomic E-state index is 0.0556. The zero-order valence-corrected chi connectivity index (χ0v) is 13.3. The van der Waals surface area contributed by atoms with Crippen molar-refractivity contribution in [2.45, 2.75) is 53.2 Å². The van der Waals surface area contributed by atoms with E-state index in [9.17, 15) is 8.42 Å². The molecule has 0 aliphatic carbocycles. The zero-order chi connectivity index (χ0) is 14.7. The van der Waals surface area contributed by atoms with Gasteiger partial charge in [-0.25, -0.2) is 8.42 Å². The summed E-state index contributed by atoms with van der Waals surface area (Å²) in [5.74, 6) is 0.336. The molecule has 1 rings (SSSR count). The van der Waals surface area contributed by atoms with Crippen molar-refractivity contribution in [1.29, 1.82) is 0 Å². The lowest BCUT2D eigenvalue weighted by Crippen LogP contribution is -2.35. The molecule has 0 unspecified atom stereocenters. The van der Waals surface area contributed by atoms with Gasteiger partial charge in [-0.15, -0.1) is 0 Å². The molecule has 19 heavy (non-hydrogen) atoms. The second-order valence-corrected chi connectivity index (χ2v) is 8.32. The summed E-state index contributed by atoms with van der Waals surface area (Å²) in [5, 5.41) is 7.77. The first-order chi connectivity index (χ1) is 8.63. The molecule has 0 amide bonds. The van der Waals surface area contributed by atoms with Crippen LogP contribution in [0.25, 0.3) is 0 Å². The summed E-state index contributed by atoms with van der Waals surface area (Å²) >= 11 is 0. The Labute approximate surface area is 116 Å². The molecule has 0 saturated carbocycles. The van der Waals surface area contributed by atoms with Crippen molar-refractivity contribution >= 4 is 9.84 Å². The number of nitrogens with zero attached hydrogens (tertiary/aromatic N) is 2. The molecule has 0 aliphatic rings. The van der Waals surface area contributed by atoms with E-state index in [-0.39, 0.29) is 17.0 Å². The van der Waals surface area contributed by atoms with E-state index < -0.39 is 9.84 Å².